The van der Waals surface area contributed by atoms with Crippen LogP contribution in [0.4, 0.5) is 4.79 Å². The minimum absolute atomic E-state index is 0.00746. The van der Waals surface area contributed by atoms with Crippen LogP contribution < -0.4 is 15.4 Å². The fourth-order valence-electron chi connectivity index (χ4n) is 1.62. The van der Waals surface area contributed by atoms with E-state index in [4.69, 9.17) is 27.9 Å². The maximum atomic E-state index is 11.6. The molecule has 116 valence electrons. The Balaban J connectivity index is 1.72. The predicted octanol–water partition coefficient (Wildman–Crippen LogP) is 4.59. The molecule has 0 fully saturated rings. The SMILES string of the molecule is O=C(NCOc1ccc(Cl)cc1Cl)NCc1ccc(Br)cc1. The quantitative estimate of drug-likeness (QED) is 0.717. The van der Waals surface area contributed by atoms with Crippen LogP contribution in [0.5, 0.6) is 5.75 Å². The minimum atomic E-state index is -0.326. The molecular formula is C15H13BrCl2N2O2. The second-order valence-electron chi connectivity index (χ2n) is 4.35. The van der Waals surface area contributed by atoms with Gasteiger partial charge in [0.1, 0.15) is 5.75 Å². The van der Waals surface area contributed by atoms with E-state index in [-0.39, 0.29) is 12.8 Å². The summed E-state index contributed by atoms with van der Waals surface area (Å²) < 4.78 is 6.36. The molecule has 0 spiro atoms. The lowest BCUT2D eigenvalue weighted by Crippen LogP contribution is -2.37. The molecule has 0 radical (unpaired) electrons. The first-order valence-corrected chi connectivity index (χ1v) is 7.93. The van der Waals surface area contributed by atoms with Gasteiger partial charge in [0.05, 0.1) is 5.02 Å². The van der Waals surface area contributed by atoms with E-state index < -0.39 is 0 Å². The highest BCUT2D eigenvalue weighted by molar-refractivity contribution is 9.10. The number of halogens is 3. The molecule has 0 saturated heterocycles. The van der Waals surface area contributed by atoms with E-state index in [1.54, 1.807) is 18.2 Å². The third-order valence-corrected chi connectivity index (χ3v) is 3.78. The van der Waals surface area contributed by atoms with Gasteiger partial charge >= 0.3 is 6.03 Å². The van der Waals surface area contributed by atoms with Gasteiger partial charge < -0.3 is 15.4 Å². The number of rotatable bonds is 5. The van der Waals surface area contributed by atoms with Crippen molar-refractivity contribution in [2.75, 3.05) is 6.73 Å². The third kappa shape index (κ3) is 5.40. The van der Waals surface area contributed by atoms with Gasteiger partial charge in [-0.25, -0.2) is 4.79 Å². The Kier molecular flexibility index (Phi) is 6.36. The van der Waals surface area contributed by atoms with Gasteiger partial charge in [0.2, 0.25) is 0 Å². The topological polar surface area (TPSA) is 50.4 Å². The summed E-state index contributed by atoms with van der Waals surface area (Å²) in [7, 11) is 0. The summed E-state index contributed by atoms with van der Waals surface area (Å²) in [5, 5.41) is 6.23. The van der Waals surface area contributed by atoms with Crippen LogP contribution in [-0.4, -0.2) is 12.8 Å². The van der Waals surface area contributed by atoms with E-state index in [0.29, 0.717) is 22.3 Å². The molecule has 2 aromatic carbocycles. The number of carbonyl (C=O) groups excluding carboxylic acids is 1. The number of benzene rings is 2. The zero-order valence-electron chi connectivity index (χ0n) is 11.4. The first-order valence-electron chi connectivity index (χ1n) is 6.38. The van der Waals surface area contributed by atoms with Crippen LogP contribution in [0.15, 0.2) is 46.9 Å². The van der Waals surface area contributed by atoms with Crippen LogP contribution in [0.25, 0.3) is 0 Å². The molecule has 0 saturated carbocycles. The molecule has 0 aliphatic rings. The normalized spacial score (nSPS) is 10.1. The lowest BCUT2D eigenvalue weighted by molar-refractivity contribution is 0.223. The van der Waals surface area contributed by atoms with Crippen molar-refractivity contribution < 1.29 is 9.53 Å². The Morgan fingerprint density at radius 1 is 1.09 bits per heavy atom. The molecule has 22 heavy (non-hydrogen) atoms. The zero-order chi connectivity index (χ0) is 15.9. The van der Waals surface area contributed by atoms with Gasteiger partial charge in [0.25, 0.3) is 0 Å². The van der Waals surface area contributed by atoms with E-state index >= 15 is 0 Å². The van der Waals surface area contributed by atoms with Crippen LogP contribution in [0.3, 0.4) is 0 Å². The first-order chi connectivity index (χ1) is 10.5. The zero-order valence-corrected chi connectivity index (χ0v) is 14.5. The Morgan fingerprint density at radius 2 is 1.82 bits per heavy atom. The van der Waals surface area contributed by atoms with Gasteiger partial charge in [-0.1, -0.05) is 51.3 Å². The molecule has 0 aromatic heterocycles. The molecule has 2 aromatic rings. The predicted molar refractivity (Wildman–Crippen MR) is 91.5 cm³/mol. The van der Waals surface area contributed by atoms with Crippen molar-refractivity contribution in [2.24, 2.45) is 0 Å². The summed E-state index contributed by atoms with van der Waals surface area (Å²) in [5.74, 6) is 0.458. The van der Waals surface area contributed by atoms with Gasteiger partial charge in [-0.3, -0.25) is 0 Å². The Bertz CT molecular complexity index is 650. The van der Waals surface area contributed by atoms with Crippen LogP contribution >= 0.6 is 39.1 Å². The standard InChI is InChI=1S/C15H13BrCl2N2O2/c16-11-3-1-10(2-4-11)8-19-15(21)20-9-22-14-6-5-12(17)7-13(14)18/h1-7H,8-9H2,(H2,19,20,21). The second-order valence-corrected chi connectivity index (χ2v) is 6.11. The summed E-state index contributed by atoms with van der Waals surface area (Å²) in [6.45, 7) is 0.439. The molecule has 2 rings (SSSR count). The van der Waals surface area contributed by atoms with E-state index in [2.05, 4.69) is 26.6 Å². The van der Waals surface area contributed by atoms with Crippen LogP contribution in [0, 0.1) is 0 Å². The van der Waals surface area contributed by atoms with E-state index in [1.165, 1.54) is 0 Å². The van der Waals surface area contributed by atoms with E-state index in [9.17, 15) is 4.79 Å². The molecular weight excluding hydrogens is 391 g/mol. The molecule has 4 nitrogen and oxygen atoms in total. The van der Waals surface area contributed by atoms with Crippen molar-refractivity contribution in [3.63, 3.8) is 0 Å². The van der Waals surface area contributed by atoms with Crippen molar-refractivity contribution in [3.8, 4) is 5.75 Å². The summed E-state index contributed by atoms with van der Waals surface area (Å²) in [6, 6.07) is 12.2. The summed E-state index contributed by atoms with van der Waals surface area (Å²) >= 11 is 15.1. The fourth-order valence-corrected chi connectivity index (χ4v) is 2.35. The van der Waals surface area contributed by atoms with Gasteiger partial charge in [-0.05, 0) is 35.9 Å². The number of nitrogens with one attached hydrogen (secondary N) is 2. The molecule has 0 unspecified atom stereocenters. The van der Waals surface area contributed by atoms with Crippen molar-refractivity contribution in [1.82, 2.24) is 10.6 Å². The lowest BCUT2D eigenvalue weighted by atomic mass is 10.2. The highest BCUT2D eigenvalue weighted by Gasteiger charge is 2.04. The number of carbonyl (C=O) groups is 1. The van der Waals surface area contributed by atoms with Gasteiger partial charge in [-0.15, -0.1) is 0 Å². The van der Waals surface area contributed by atoms with Crippen LogP contribution in [0.1, 0.15) is 5.56 Å². The molecule has 2 N–H and O–H groups in total. The highest BCUT2D eigenvalue weighted by Crippen LogP contribution is 2.27. The Labute approximate surface area is 146 Å². The van der Waals surface area contributed by atoms with Gasteiger partial charge in [0, 0.05) is 16.0 Å². The Hall–Kier alpha value is -1.43. The summed E-state index contributed by atoms with van der Waals surface area (Å²) in [4.78, 5) is 11.6. The second kappa shape index (κ2) is 8.27. The van der Waals surface area contributed by atoms with E-state index in [1.807, 2.05) is 24.3 Å². The molecule has 2 amide bonds. The molecule has 0 aliphatic carbocycles. The Morgan fingerprint density at radius 3 is 2.50 bits per heavy atom. The van der Waals surface area contributed by atoms with Crippen LogP contribution in [-0.2, 0) is 6.54 Å². The van der Waals surface area contributed by atoms with Crippen molar-refractivity contribution >= 4 is 45.2 Å². The van der Waals surface area contributed by atoms with Gasteiger partial charge in [0.15, 0.2) is 6.73 Å². The summed E-state index contributed by atoms with van der Waals surface area (Å²) in [6.07, 6.45) is 0. The average Bonchev–Trinajstić information content (AvgIpc) is 2.49. The van der Waals surface area contributed by atoms with Crippen molar-refractivity contribution in [1.29, 1.82) is 0 Å². The monoisotopic (exact) mass is 402 g/mol. The maximum absolute atomic E-state index is 11.6. The molecule has 0 heterocycles. The van der Waals surface area contributed by atoms with Gasteiger partial charge in [-0.2, -0.15) is 0 Å². The molecule has 7 heteroatoms. The molecule has 0 bridgehead atoms. The van der Waals surface area contributed by atoms with Crippen molar-refractivity contribution in [2.45, 2.75) is 6.54 Å². The van der Waals surface area contributed by atoms with Crippen LogP contribution in [0.2, 0.25) is 10.0 Å². The highest BCUT2D eigenvalue weighted by atomic mass is 79.9. The summed E-state index contributed by atoms with van der Waals surface area (Å²) in [5.41, 5.74) is 1.00. The average molecular weight is 404 g/mol. The molecule has 0 atom stereocenters. The lowest BCUT2D eigenvalue weighted by Gasteiger charge is -2.10. The minimum Gasteiger partial charge on any atom is -0.472 e. The number of hydrogen-bond acceptors (Lipinski definition) is 2. The third-order valence-electron chi connectivity index (χ3n) is 2.72. The van der Waals surface area contributed by atoms with E-state index in [0.717, 1.165) is 10.0 Å². The molecule has 0 aliphatic heterocycles. The fraction of sp³-hybridized carbons (Fsp3) is 0.133. The number of ether oxygens (including phenoxy) is 1. The number of amides is 2. The number of hydrogen-bond donors (Lipinski definition) is 2. The maximum Gasteiger partial charge on any atom is 0.317 e. The smallest absolute Gasteiger partial charge is 0.317 e. The number of urea groups is 1. The largest absolute Gasteiger partial charge is 0.472 e. The van der Waals surface area contributed by atoms with Crippen molar-refractivity contribution in [3.05, 3.63) is 62.5 Å². The first kappa shape index (κ1) is 16.9.